The summed E-state index contributed by atoms with van der Waals surface area (Å²) >= 11 is 1.27. The molecule has 0 saturated heterocycles. The van der Waals surface area contributed by atoms with E-state index in [4.69, 9.17) is 4.74 Å². The van der Waals surface area contributed by atoms with Crippen molar-refractivity contribution in [1.82, 2.24) is 19.5 Å². The van der Waals surface area contributed by atoms with Crippen LogP contribution in [0.25, 0.3) is 27.1 Å². The van der Waals surface area contributed by atoms with Gasteiger partial charge in [-0.2, -0.15) is 0 Å². The fraction of sp³-hybridized carbons (Fsp3) is 0.0714. The molecule has 0 aliphatic carbocycles. The van der Waals surface area contributed by atoms with Crippen LogP contribution in [-0.2, 0) is 6.42 Å². The molecule has 0 aliphatic rings. The molecule has 6 rings (SSSR count). The Labute approximate surface area is 224 Å². The quantitative estimate of drug-likeness (QED) is 0.260. The Balaban J connectivity index is 1.32. The number of nitrogens with zero attached hydrogens (tertiary/aromatic N) is 3. The standard InChI is InChI=1S/C28H20FN5O4S/c29-20-13-17(5-6-24(20)38-23-8-11-31-25-18(23)7-10-30-25)33-26(36)19-14-21-28(39-15-32-21)34(27(19)37)22-4-2-1-3-16(22)9-12-35/h1-8,10-11,13-15,35H,9,12H2,(H,30,31)(H,33,36). The highest BCUT2D eigenvalue weighted by Gasteiger charge is 2.20. The minimum absolute atomic E-state index is 0.0339. The van der Waals surface area contributed by atoms with Crippen molar-refractivity contribution in [2.75, 3.05) is 11.9 Å². The maximum atomic E-state index is 15.0. The van der Waals surface area contributed by atoms with E-state index in [9.17, 15) is 19.1 Å². The molecule has 2 aromatic carbocycles. The van der Waals surface area contributed by atoms with Gasteiger partial charge in [-0.15, -0.1) is 11.3 Å². The number of aliphatic hydroxyl groups excluding tert-OH is 1. The van der Waals surface area contributed by atoms with Crippen LogP contribution in [0.1, 0.15) is 15.9 Å². The molecule has 0 bridgehead atoms. The molecule has 6 aromatic rings. The van der Waals surface area contributed by atoms with Crippen LogP contribution in [0.4, 0.5) is 10.1 Å². The van der Waals surface area contributed by atoms with E-state index in [1.807, 2.05) is 12.1 Å². The largest absolute Gasteiger partial charge is 0.453 e. The summed E-state index contributed by atoms with van der Waals surface area (Å²) in [7, 11) is 0. The molecule has 1 amide bonds. The first kappa shape index (κ1) is 24.5. The highest BCUT2D eigenvalue weighted by molar-refractivity contribution is 7.16. The number of hydrogen-bond donors (Lipinski definition) is 3. The summed E-state index contributed by atoms with van der Waals surface area (Å²) in [5.74, 6) is -1.01. The van der Waals surface area contributed by atoms with Gasteiger partial charge in [0, 0.05) is 30.8 Å². The van der Waals surface area contributed by atoms with Crippen LogP contribution in [0.15, 0.2) is 83.4 Å². The molecule has 3 N–H and O–H groups in total. The molecule has 0 aliphatic heterocycles. The summed E-state index contributed by atoms with van der Waals surface area (Å²) in [4.78, 5) is 38.9. The zero-order valence-corrected chi connectivity index (χ0v) is 21.0. The first-order chi connectivity index (χ1) is 19.0. The van der Waals surface area contributed by atoms with Crippen LogP contribution >= 0.6 is 11.3 Å². The number of pyridine rings is 2. The van der Waals surface area contributed by atoms with Gasteiger partial charge in [0.25, 0.3) is 11.5 Å². The Bertz CT molecular complexity index is 1910. The molecule has 0 fully saturated rings. The fourth-order valence-corrected chi connectivity index (χ4v) is 5.16. The normalized spacial score (nSPS) is 11.2. The summed E-state index contributed by atoms with van der Waals surface area (Å²) in [5.41, 5.74) is 3.41. The first-order valence-electron chi connectivity index (χ1n) is 11.9. The lowest BCUT2D eigenvalue weighted by Crippen LogP contribution is -2.29. The number of aromatic nitrogens is 4. The number of carbonyl (C=O) groups is 1. The van der Waals surface area contributed by atoms with Crippen LogP contribution < -0.4 is 15.6 Å². The van der Waals surface area contributed by atoms with Gasteiger partial charge in [-0.05, 0) is 48.4 Å². The number of fused-ring (bicyclic) bond motifs is 2. The molecule has 4 heterocycles. The van der Waals surface area contributed by atoms with Crippen molar-refractivity contribution >= 4 is 44.3 Å². The number of halogens is 1. The van der Waals surface area contributed by atoms with E-state index in [2.05, 4.69) is 20.3 Å². The van der Waals surface area contributed by atoms with Crippen LogP contribution in [0.5, 0.6) is 11.5 Å². The maximum absolute atomic E-state index is 15.0. The van der Waals surface area contributed by atoms with E-state index < -0.39 is 17.3 Å². The van der Waals surface area contributed by atoms with Crippen LogP contribution in [0, 0.1) is 5.82 Å². The molecule has 0 unspecified atom stereocenters. The van der Waals surface area contributed by atoms with E-state index in [1.54, 1.807) is 42.2 Å². The van der Waals surface area contributed by atoms with E-state index in [0.29, 0.717) is 39.2 Å². The number of carbonyl (C=O) groups excluding carboxylic acids is 1. The van der Waals surface area contributed by atoms with Crippen molar-refractivity contribution in [2.24, 2.45) is 0 Å². The smallest absolute Gasteiger partial charge is 0.269 e. The lowest BCUT2D eigenvalue weighted by atomic mass is 10.1. The molecular formula is C28H20FN5O4S. The average molecular weight is 542 g/mol. The Morgan fingerprint density at radius 1 is 1.10 bits per heavy atom. The molecule has 0 spiro atoms. The van der Waals surface area contributed by atoms with Gasteiger partial charge in [0.15, 0.2) is 11.6 Å². The monoisotopic (exact) mass is 541 g/mol. The molecule has 4 aromatic heterocycles. The van der Waals surface area contributed by atoms with Crippen molar-refractivity contribution in [1.29, 1.82) is 0 Å². The lowest BCUT2D eigenvalue weighted by molar-refractivity contribution is 0.102. The van der Waals surface area contributed by atoms with Crippen molar-refractivity contribution in [2.45, 2.75) is 6.42 Å². The molecular weight excluding hydrogens is 521 g/mol. The van der Waals surface area contributed by atoms with Gasteiger partial charge in [0.1, 0.15) is 21.8 Å². The second kappa shape index (κ2) is 10.1. The predicted molar refractivity (Wildman–Crippen MR) is 147 cm³/mol. The Morgan fingerprint density at radius 2 is 1.97 bits per heavy atom. The number of aromatic amines is 1. The van der Waals surface area contributed by atoms with E-state index in [-0.39, 0.29) is 23.6 Å². The number of ether oxygens (including phenoxy) is 1. The van der Waals surface area contributed by atoms with Gasteiger partial charge in [0.2, 0.25) is 0 Å². The Morgan fingerprint density at radius 3 is 2.82 bits per heavy atom. The van der Waals surface area contributed by atoms with E-state index in [1.165, 1.54) is 34.1 Å². The molecule has 0 saturated carbocycles. The minimum atomic E-state index is -0.709. The number of nitrogens with one attached hydrogen (secondary N) is 2. The van der Waals surface area contributed by atoms with Gasteiger partial charge >= 0.3 is 0 Å². The van der Waals surface area contributed by atoms with Gasteiger partial charge in [-0.3, -0.25) is 14.2 Å². The highest BCUT2D eigenvalue weighted by atomic mass is 32.1. The fourth-order valence-electron chi connectivity index (χ4n) is 4.37. The molecule has 11 heteroatoms. The van der Waals surface area contributed by atoms with Crippen molar-refractivity contribution < 1.29 is 19.0 Å². The zero-order chi connectivity index (χ0) is 26.9. The molecule has 194 valence electrons. The predicted octanol–water partition coefficient (Wildman–Crippen LogP) is 5.04. The number of rotatable bonds is 7. The van der Waals surface area contributed by atoms with Gasteiger partial charge in [0.05, 0.1) is 22.1 Å². The van der Waals surface area contributed by atoms with E-state index in [0.717, 1.165) is 11.6 Å². The number of aliphatic hydroxyl groups is 1. The summed E-state index contributed by atoms with van der Waals surface area (Å²) in [6, 6.07) is 16.0. The molecule has 0 radical (unpaired) electrons. The molecule has 9 nitrogen and oxygen atoms in total. The van der Waals surface area contributed by atoms with Gasteiger partial charge in [-0.25, -0.2) is 14.4 Å². The summed E-state index contributed by atoms with van der Waals surface area (Å²) in [5, 5.41) is 12.8. The second-order valence-electron chi connectivity index (χ2n) is 8.59. The number of anilines is 1. The lowest BCUT2D eigenvalue weighted by Gasteiger charge is -2.14. The minimum Gasteiger partial charge on any atom is -0.453 e. The third kappa shape index (κ3) is 4.54. The Hall–Kier alpha value is -4.87. The van der Waals surface area contributed by atoms with Crippen molar-refractivity contribution in [3.05, 3.63) is 106 Å². The number of H-pyrrole nitrogens is 1. The maximum Gasteiger partial charge on any atom is 0.269 e. The zero-order valence-electron chi connectivity index (χ0n) is 20.2. The van der Waals surface area contributed by atoms with Crippen molar-refractivity contribution in [3.8, 4) is 17.2 Å². The van der Waals surface area contributed by atoms with Crippen molar-refractivity contribution in [3.63, 3.8) is 0 Å². The first-order valence-corrected chi connectivity index (χ1v) is 12.8. The number of hydrogen-bond acceptors (Lipinski definition) is 7. The van der Waals surface area contributed by atoms with Gasteiger partial charge < -0.3 is 20.1 Å². The third-order valence-corrected chi connectivity index (χ3v) is 7.01. The Kier molecular flexibility index (Phi) is 6.35. The number of para-hydroxylation sites is 1. The van der Waals surface area contributed by atoms with Crippen LogP contribution in [0.3, 0.4) is 0 Å². The number of amides is 1. The second-order valence-corrected chi connectivity index (χ2v) is 9.43. The van der Waals surface area contributed by atoms with Gasteiger partial charge in [-0.1, -0.05) is 18.2 Å². The van der Waals surface area contributed by atoms with Crippen LogP contribution in [-0.4, -0.2) is 37.1 Å². The summed E-state index contributed by atoms with van der Waals surface area (Å²) in [6.07, 6.45) is 3.60. The summed E-state index contributed by atoms with van der Waals surface area (Å²) in [6.45, 7) is -0.0970. The topological polar surface area (TPSA) is 122 Å². The third-order valence-electron chi connectivity index (χ3n) is 6.18. The number of thiazole rings is 1. The average Bonchev–Trinajstić information content (AvgIpc) is 3.61. The summed E-state index contributed by atoms with van der Waals surface area (Å²) < 4.78 is 22.2. The van der Waals surface area contributed by atoms with Crippen LogP contribution in [0.2, 0.25) is 0 Å². The SMILES string of the molecule is O=C(Nc1ccc(Oc2ccnc3[nH]ccc23)c(F)c1)c1cc2ncsc2n(-c2ccccc2CCO)c1=O. The highest BCUT2D eigenvalue weighted by Crippen LogP contribution is 2.31. The molecule has 0 atom stereocenters. The van der Waals surface area contributed by atoms with E-state index >= 15 is 0 Å². The molecule has 39 heavy (non-hydrogen) atoms. The number of benzene rings is 2.